The summed E-state index contributed by atoms with van der Waals surface area (Å²) in [6, 6.07) is 11.2. The Morgan fingerprint density at radius 1 is 1.05 bits per heavy atom. The zero-order chi connectivity index (χ0) is 14.6. The molecule has 5 nitrogen and oxygen atoms in total. The number of aromatic nitrogens is 1. The molecule has 0 radical (unpaired) electrons. The van der Waals surface area contributed by atoms with Gasteiger partial charge in [-0.15, -0.1) is 0 Å². The van der Waals surface area contributed by atoms with Crippen LogP contribution in [0, 0.1) is 0 Å². The van der Waals surface area contributed by atoms with E-state index < -0.39 is 9.84 Å². The normalized spacial score (nSPS) is 11.4. The molecule has 2 N–H and O–H groups in total. The molecular formula is C14H16N2O3S. The fraction of sp³-hybridized carbons (Fsp3) is 0.214. The van der Waals surface area contributed by atoms with Crippen LogP contribution in [-0.2, 0) is 22.9 Å². The van der Waals surface area contributed by atoms with Crippen LogP contribution in [-0.4, -0.2) is 18.7 Å². The SMILES string of the molecule is NCc1ccc(S(=O)(=O)CCn2ccccc2=O)cc1. The van der Waals surface area contributed by atoms with Crippen molar-refractivity contribution in [1.82, 2.24) is 4.57 Å². The van der Waals surface area contributed by atoms with Crippen molar-refractivity contribution in [1.29, 1.82) is 0 Å². The molecule has 1 aromatic carbocycles. The predicted molar refractivity (Wildman–Crippen MR) is 77.1 cm³/mol. The highest BCUT2D eigenvalue weighted by Crippen LogP contribution is 2.12. The van der Waals surface area contributed by atoms with Crippen molar-refractivity contribution in [2.45, 2.75) is 18.0 Å². The van der Waals surface area contributed by atoms with Gasteiger partial charge in [-0.2, -0.15) is 0 Å². The molecule has 20 heavy (non-hydrogen) atoms. The summed E-state index contributed by atoms with van der Waals surface area (Å²) in [4.78, 5) is 11.8. The standard InChI is InChI=1S/C14H16N2O3S/c15-11-12-4-6-13(7-5-12)20(18,19)10-9-16-8-2-1-3-14(16)17/h1-8H,9-11,15H2. The summed E-state index contributed by atoms with van der Waals surface area (Å²) in [5, 5.41) is 0. The summed E-state index contributed by atoms with van der Waals surface area (Å²) in [5.74, 6) is -0.112. The van der Waals surface area contributed by atoms with Crippen LogP contribution in [0.25, 0.3) is 0 Å². The first-order valence-corrected chi connectivity index (χ1v) is 7.85. The lowest BCUT2D eigenvalue weighted by atomic mass is 10.2. The maximum Gasteiger partial charge on any atom is 0.250 e. The summed E-state index contributed by atoms with van der Waals surface area (Å²) in [7, 11) is -3.40. The average Bonchev–Trinajstić information content (AvgIpc) is 2.46. The molecule has 2 aromatic rings. The minimum Gasteiger partial charge on any atom is -0.326 e. The molecule has 0 atom stereocenters. The Bertz CT molecular complexity index is 734. The van der Waals surface area contributed by atoms with E-state index in [1.165, 1.54) is 10.6 Å². The molecule has 1 aromatic heterocycles. The second-order valence-corrected chi connectivity index (χ2v) is 6.51. The molecule has 0 aliphatic heterocycles. The molecular weight excluding hydrogens is 276 g/mol. The molecule has 0 saturated heterocycles. The van der Waals surface area contributed by atoms with Crippen molar-refractivity contribution in [3.05, 3.63) is 64.6 Å². The van der Waals surface area contributed by atoms with Gasteiger partial charge in [0.15, 0.2) is 9.84 Å². The Hall–Kier alpha value is -1.92. The van der Waals surface area contributed by atoms with E-state index in [0.29, 0.717) is 6.54 Å². The quantitative estimate of drug-likeness (QED) is 0.883. The van der Waals surface area contributed by atoms with E-state index in [1.807, 2.05) is 0 Å². The molecule has 0 aliphatic rings. The Morgan fingerprint density at radius 3 is 2.35 bits per heavy atom. The highest BCUT2D eigenvalue weighted by atomic mass is 32.2. The molecule has 0 saturated carbocycles. The molecule has 0 aliphatic carbocycles. The Labute approximate surface area is 117 Å². The molecule has 0 amide bonds. The second-order valence-electron chi connectivity index (χ2n) is 4.40. The van der Waals surface area contributed by atoms with E-state index >= 15 is 0 Å². The van der Waals surface area contributed by atoms with E-state index in [0.717, 1.165) is 5.56 Å². The van der Waals surface area contributed by atoms with Gasteiger partial charge in [0, 0.05) is 25.4 Å². The molecule has 6 heteroatoms. The van der Waals surface area contributed by atoms with E-state index in [-0.39, 0.29) is 22.8 Å². The lowest BCUT2D eigenvalue weighted by molar-refractivity contribution is 0.587. The molecule has 0 unspecified atom stereocenters. The minimum atomic E-state index is -3.40. The fourth-order valence-corrected chi connectivity index (χ4v) is 3.04. The van der Waals surface area contributed by atoms with Gasteiger partial charge in [-0.1, -0.05) is 18.2 Å². The first-order valence-electron chi connectivity index (χ1n) is 6.20. The third-order valence-electron chi connectivity index (χ3n) is 3.02. The number of hydrogen-bond donors (Lipinski definition) is 1. The Balaban J connectivity index is 2.15. The maximum atomic E-state index is 12.2. The van der Waals surface area contributed by atoms with Crippen molar-refractivity contribution in [2.75, 3.05) is 5.75 Å². The molecule has 0 spiro atoms. The minimum absolute atomic E-state index is 0.112. The number of nitrogens with zero attached hydrogens (tertiary/aromatic N) is 1. The highest BCUT2D eigenvalue weighted by molar-refractivity contribution is 7.91. The number of pyridine rings is 1. The number of nitrogens with two attached hydrogens (primary N) is 1. The van der Waals surface area contributed by atoms with Gasteiger partial charge in [0.2, 0.25) is 0 Å². The average molecular weight is 292 g/mol. The van der Waals surface area contributed by atoms with Crippen LogP contribution < -0.4 is 11.3 Å². The monoisotopic (exact) mass is 292 g/mol. The van der Waals surface area contributed by atoms with Crippen molar-refractivity contribution in [3.8, 4) is 0 Å². The number of rotatable bonds is 5. The molecule has 2 rings (SSSR count). The topological polar surface area (TPSA) is 82.2 Å². The summed E-state index contributed by atoms with van der Waals surface area (Å²) in [6.07, 6.45) is 1.58. The Kier molecular flexibility index (Phi) is 4.36. The van der Waals surface area contributed by atoms with Crippen LogP contribution in [0.4, 0.5) is 0 Å². The van der Waals surface area contributed by atoms with Gasteiger partial charge < -0.3 is 10.3 Å². The molecule has 1 heterocycles. The van der Waals surface area contributed by atoms with Crippen molar-refractivity contribution in [2.24, 2.45) is 5.73 Å². The zero-order valence-corrected chi connectivity index (χ0v) is 11.7. The van der Waals surface area contributed by atoms with Crippen molar-refractivity contribution >= 4 is 9.84 Å². The van der Waals surface area contributed by atoms with Crippen molar-refractivity contribution < 1.29 is 8.42 Å². The number of benzene rings is 1. The number of hydrogen-bond acceptors (Lipinski definition) is 4. The lowest BCUT2D eigenvalue weighted by Crippen LogP contribution is -2.22. The number of aryl methyl sites for hydroxylation is 1. The third kappa shape index (κ3) is 3.34. The van der Waals surface area contributed by atoms with Crippen LogP contribution in [0.1, 0.15) is 5.56 Å². The van der Waals surface area contributed by atoms with Gasteiger partial charge >= 0.3 is 0 Å². The highest BCUT2D eigenvalue weighted by Gasteiger charge is 2.14. The van der Waals surface area contributed by atoms with Crippen molar-refractivity contribution in [3.63, 3.8) is 0 Å². The largest absolute Gasteiger partial charge is 0.326 e. The van der Waals surface area contributed by atoms with Crippen LogP contribution in [0.15, 0.2) is 58.4 Å². The molecule has 106 valence electrons. The summed E-state index contributed by atoms with van der Waals surface area (Å²) in [6.45, 7) is 0.514. The van der Waals surface area contributed by atoms with Gasteiger partial charge in [-0.05, 0) is 23.8 Å². The third-order valence-corrected chi connectivity index (χ3v) is 4.73. The van der Waals surface area contributed by atoms with E-state index in [9.17, 15) is 13.2 Å². The van der Waals surface area contributed by atoms with Gasteiger partial charge in [0.25, 0.3) is 5.56 Å². The smallest absolute Gasteiger partial charge is 0.250 e. The summed E-state index contributed by atoms with van der Waals surface area (Å²) in [5.41, 5.74) is 6.14. The summed E-state index contributed by atoms with van der Waals surface area (Å²) < 4.78 is 25.7. The maximum absolute atomic E-state index is 12.2. The second kappa shape index (κ2) is 6.02. The molecule has 0 fully saturated rings. The van der Waals surface area contributed by atoms with Gasteiger partial charge in [0.05, 0.1) is 10.6 Å². The first kappa shape index (κ1) is 14.5. The van der Waals surface area contributed by atoms with Crippen LogP contribution >= 0.6 is 0 Å². The first-order chi connectivity index (χ1) is 9.53. The molecule has 0 bridgehead atoms. The van der Waals surface area contributed by atoms with Gasteiger partial charge in [-0.25, -0.2) is 8.42 Å². The fourth-order valence-electron chi connectivity index (χ4n) is 1.81. The zero-order valence-electron chi connectivity index (χ0n) is 10.9. The van der Waals surface area contributed by atoms with E-state index in [4.69, 9.17) is 5.73 Å². The Morgan fingerprint density at radius 2 is 1.75 bits per heavy atom. The predicted octanol–water partition coefficient (Wildman–Crippen LogP) is 0.781. The number of sulfone groups is 1. The van der Waals surface area contributed by atoms with Crippen LogP contribution in [0.2, 0.25) is 0 Å². The lowest BCUT2D eigenvalue weighted by Gasteiger charge is -2.07. The van der Waals surface area contributed by atoms with Crippen LogP contribution in [0.3, 0.4) is 0 Å². The van der Waals surface area contributed by atoms with E-state index in [1.54, 1.807) is 42.6 Å². The summed E-state index contributed by atoms with van der Waals surface area (Å²) >= 11 is 0. The van der Waals surface area contributed by atoms with Crippen LogP contribution in [0.5, 0.6) is 0 Å². The van der Waals surface area contributed by atoms with E-state index in [2.05, 4.69) is 0 Å². The van der Waals surface area contributed by atoms with Gasteiger partial charge in [-0.3, -0.25) is 4.79 Å². The van der Waals surface area contributed by atoms with Gasteiger partial charge in [0.1, 0.15) is 0 Å².